The molecule has 140 valence electrons. The maximum atomic E-state index is 5.94. The summed E-state index contributed by atoms with van der Waals surface area (Å²) < 4.78 is 11.0. The van der Waals surface area contributed by atoms with Crippen molar-refractivity contribution in [2.24, 2.45) is 10.9 Å². The van der Waals surface area contributed by atoms with E-state index >= 15 is 0 Å². The van der Waals surface area contributed by atoms with E-state index in [2.05, 4.69) is 27.2 Å². The third-order valence-electron chi connectivity index (χ3n) is 5.07. The number of hydrogen-bond donors (Lipinski definition) is 1. The van der Waals surface area contributed by atoms with E-state index in [4.69, 9.17) is 9.47 Å². The van der Waals surface area contributed by atoms with Gasteiger partial charge in [-0.05, 0) is 51.6 Å². The fraction of sp³-hybridized carbons (Fsp3) is 0.944. The molecule has 2 aliphatic rings. The van der Waals surface area contributed by atoms with Gasteiger partial charge in [0.1, 0.15) is 0 Å². The molecule has 0 spiro atoms. The van der Waals surface area contributed by atoms with E-state index in [0.717, 1.165) is 64.0 Å². The monoisotopic (exact) mass is 340 g/mol. The van der Waals surface area contributed by atoms with Crippen LogP contribution in [0.2, 0.25) is 0 Å². The molecule has 2 aliphatic heterocycles. The molecule has 0 aromatic heterocycles. The van der Waals surface area contributed by atoms with Crippen molar-refractivity contribution in [2.75, 3.05) is 67.1 Å². The van der Waals surface area contributed by atoms with Gasteiger partial charge in [-0.3, -0.25) is 4.99 Å². The van der Waals surface area contributed by atoms with Gasteiger partial charge in [0.2, 0.25) is 0 Å². The smallest absolute Gasteiger partial charge is 0.193 e. The quantitative estimate of drug-likeness (QED) is 0.431. The lowest BCUT2D eigenvalue weighted by atomic mass is 9.98. The van der Waals surface area contributed by atoms with E-state index in [9.17, 15) is 0 Å². The second-order valence-corrected chi connectivity index (χ2v) is 7.10. The van der Waals surface area contributed by atoms with Crippen molar-refractivity contribution in [2.45, 2.75) is 38.2 Å². The Labute approximate surface area is 147 Å². The zero-order valence-electron chi connectivity index (χ0n) is 15.8. The molecule has 2 saturated heterocycles. The molecular weight excluding hydrogens is 304 g/mol. The fourth-order valence-corrected chi connectivity index (χ4v) is 3.70. The number of rotatable bonds is 7. The predicted octanol–water partition coefficient (Wildman–Crippen LogP) is 1.42. The Morgan fingerprint density at radius 2 is 1.96 bits per heavy atom. The van der Waals surface area contributed by atoms with Crippen LogP contribution in [0.5, 0.6) is 0 Å². The number of methoxy groups -OCH3 is 1. The first-order valence-corrected chi connectivity index (χ1v) is 9.47. The molecule has 0 saturated carbocycles. The molecule has 1 atom stereocenters. The highest BCUT2D eigenvalue weighted by molar-refractivity contribution is 5.79. The van der Waals surface area contributed by atoms with E-state index in [1.165, 1.54) is 25.9 Å². The van der Waals surface area contributed by atoms with Gasteiger partial charge in [0.25, 0.3) is 0 Å². The molecule has 6 nitrogen and oxygen atoms in total. The third kappa shape index (κ3) is 6.57. The minimum Gasteiger partial charge on any atom is -0.385 e. The van der Waals surface area contributed by atoms with Crippen LogP contribution in [0.3, 0.4) is 0 Å². The van der Waals surface area contributed by atoms with Crippen LogP contribution in [0.25, 0.3) is 0 Å². The van der Waals surface area contributed by atoms with Gasteiger partial charge in [0, 0.05) is 53.6 Å². The van der Waals surface area contributed by atoms with Gasteiger partial charge in [-0.2, -0.15) is 0 Å². The van der Waals surface area contributed by atoms with Crippen molar-refractivity contribution in [1.82, 2.24) is 15.1 Å². The van der Waals surface area contributed by atoms with Crippen LogP contribution in [-0.2, 0) is 9.47 Å². The first kappa shape index (κ1) is 19.5. The second kappa shape index (κ2) is 10.9. The molecule has 2 heterocycles. The molecule has 24 heavy (non-hydrogen) atoms. The zero-order chi connectivity index (χ0) is 17.2. The van der Waals surface area contributed by atoms with E-state index in [1.807, 2.05) is 7.05 Å². The number of piperidine rings is 2. The topological polar surface area (TPSA) is 49.3 Å². The minimum absolute atomic E-state index is 0.392. The standard InChI is InChI=1S/C18H36N4O2/c1-19-18(20-14-16-6-4-9-21(2)15-16)22-10-7-17(8-11-22)24-13-5-12-23-3/h16-17H,4-15H2,1-3H3,(H,19,20). The lowest BCUT2D eigenvalue weighted by Crippen LogP contribution is -2.49. The lowest BCUT2D eigenvalue weighted by Gasteiger charge is -2.35. The number of nitrogens with zero attached hydrogens (tertiary/aromatic N) is 3. The van der Waals surface area contributed by atoms with Gasteiger partial charge in [0.15, 0.2) is 5.96 Å². The number of hydrogen-bond acceptors (Lipinski definition) is 4. The SMILES string of the molecule is CN=C(NCC1CCCN(C)C1)N1CCC(OCCCOC)CC1. The highest BCUT2D eigenvalue weighted by atomic mass is 16.5. The maximum absolute atomic E-state index is 5.94. The summed E-state index contributed by atoms with van der Waals surface area (Å²) >= 11 is 0. The van der Waals surface area contributed by atoms with Crippen LogP contribution in [0.15, 0.2) is 4.99 Å². The molecule has 0 aromatic carbocycles. The first-order valence-electron chi connectivity index (χ1n) is 9.47. The Morgan fingerprint density at radius 1 is 1.17 bits per heavy atom. The number of guanidine groups is 1. The Hall–Kier alpha value is -0.850. The number of ether oxygens (including phenoxy) is 2. The molecule has 0 aromatic rings. The average Bonchev–Trinajstić information content (AvgIpc) is 2.60. The largest absolute Gasteiger partial charge is 0.385 e. The van der Waals surface area contributed by atoms with Crippen LogP contribution in [0.1, 0.15) is 32.1 Å². The zero-order valence-corrected chi connectivity index (χ0v) is 15.8. The van der Waals surface area contributed by atoms with Crippen LogP contribution >= 0.6 is 0 Å². The van der Waals surface area contributed by atoms with Gasteiger partial charge in [0.05, 0.1) is 6.10 Å². The number of aliphatic imine (C=N–C) groups is 1. The molecular formula is C18H36N4O2. The molecule has 6 heteroatoms. The molecule has 0 radical (unpaired) electrons. The summed E-state index contributed by atoms with van der Waals surface area (Å²) in [6.45, 7) is 7.11. The Kier molecular flexibility index (Phi) is 8.84. The second-order valence-electron chi connectivity index (χ2n) is 7.10. The minimum atomic E-state index is 0.392. The Morgan fingerprint density at radius 3 is 2.62 bits per heavy atom. The van der Waals surface area contributed by atoms with Crippen LogP contribution in [-0.4, -0.2) is 89.0 Å². The van der Waals surface area contributed by atoms with E-state index < -0.39 is 0 Å². The van der Waals surface area contributed by atoms with Gasteiger partial charge in [-0.15, -0.1) is 0 Å². The summed E-state index contributed by atoms with van der Waals surface area (Å²) in [4.78, 5) is 9.30. The van der Waals surface area contributed by atoms with Crippen molar-refractivity contribution in [3.63, 3.8) is 0 Å². The summed E-state index contributed by atoms with van der Waals surface area (Å²) in [5.74, 6) is 1.79. The third-order valence-corrected chi connectivity index (χ3v) is 5.07. The summed E-state index contributed by atoms with van der Waals surface area (Å²) in [5.41, 5.74) is 0. The normalized spacial score (nSPS) is 24.4. The first-order chi connectivity index (χ1) is 11.7. The van der Waals surface area contributed by atoms with E-state index in [1.54, 1.807) is 7.11 Å². The van der Waals surface area contributed by atoms with Crippen LogP contribution < -0.4 is 5.32 Å². The van der Waals surface area contributed by atoms with E-state index in [0.29, 0.717) is 6.10 Å². The van der Waals surface area contributed by atoms with Crippen molar-refractivity contribution in [3.8, 4) is 0 Å². The van der Waals surface area contributed by atoms with Gasteiger partial charge in [-0.25, -0.2) is 0 Å². The highest BCUT2D eigenvalue weighted by Gasteiger charge is 2.23. The van der Waals surface area contributed by atoms with Gasteiger partial charge in [-0.1, -0.05) is 0 Å². The van der Waals surface area contributed by atoms with E-state index in [-0.39, 0.29) is 0 Å². The Bertz CT molecular complexity index is 370. The van der Waals surface area contributed by atoms with Gasteiger partial charge >= 0.3 is 0 Å². The molecule has 0 amide bonds. The molecule has 2 fully saturated rings. The van der Waals surface area contributed by atoms with Crippen molar-refractivity contribution in [1.29, 1.82) is 0 Å². The maximum Gasteiger partial charge on any atom is 0.193 e. The van der Waals surface area contributed by atoms with Crippen molar-refractivity contribution < 1.29 is 9.47 Å². The van der Waals surface area contributed by atoms with Crippen molar-refractivity contribution >= 4 is 5.96 Å². The molecule has 2 rings (SSSR count). The average molecular weight is 341 g/mol. The summed E-state index contributed by atoms with van der Waals surface area (Å²) in [6.07, 6.45) is 6.18. The molecule has 0 aliphatic carbocycles. The number of nitrogens with one attached hydrogen (secondary N) is 1. The predicted molar refractivity (Wildman–Crippen MR) is 98.6 cm³/mol. The summed E-state index contributed by atoms with van der Waals surface area (Å²) in [6, 6.07) is 0. The van der Waals surface area contributed by atoms with Crippen LogP contribution in [0.4, 0.5) is 0 Å². The summed E-state index contributed by atoms with van der Waals surface area (Å²) in [5, 5.41) is 3.60. The molecule has 1 unspecified atom stereocenters. The molecule has 0 bridgehead atoms. The van der Waals surface area contributed by atoms with Gasteiger partial charge < -0.3 is 24.6 Å². The Balaban J connectivity index is 1.65. The van der Waals surface area contributed by atoms with Crippen molar-refractivity contribution in [3.05, 3.63) is 0 Å². The fourth-order valence-electron chi connectivity index (χ4n) is 3.70. The lowest BCUT2D eigenvalue weighted by molar-refractivity contribution is 0.00986. The molecule has 1 N–H and O–H groups in total. The van der Waals surface area contributed by atoms with Crippen LogP contribution in [0, 0.1) is 5.92 Å². The highest BCUT2D eigenvalue weighted by Crippen LogP contribution is 2.16. The number of likely N-dealkylation sites (tertiary alicyclic amines) is 2. The summed E-state index contributed by atoms with van der Waals surface area (Å²) in [7, 11) is 5.85.